The Kier molecular flexibility index (Phi) is 6.10. The molecule has 130 valence electrons. The third-order valence-electron chi connectivity index (χ3n) is 3.77. The molecule has 0 heterocycles. The summed E-state index contributed by atoms with van der Waals surface area (Å²) in [5, 5.41) is 0. The number of carbonyl (C=O) groups is 1. The molecule has 0 aromatic heterocycles. The van der Waals surface area contributed by atoms with Crippen LogP contribution in [-0.4, -0.2) is 14.2 Å². The molecule has 1 N–H and O–H groups in total. The summed E-state index contributed by atoms with van der Waals surface area (Å²) in [6, 6.07) is 15.2. The normalized spacial score (nSPS) is 12.1. The topological polar surface area (TPSA) is 63.2 Å². The van der Waals surface area contributed by atoms with Gasteiger partial charge in [0, 0.05) is 5.57 Å². The Hall–Kier alpha value is -2.46. The van der Waals surface area contributed by atoms with Crippen molar-refractivity contribution in [2.24, 2.45) is 0 Å². The van der Waals surface area contributed by atoms with Crippen molar-refractivity contribution in [3.05, 3.63) is 83.1 Å². The largest absolute Gasteiger partial charge is 0.294 e. The predicted octanol–water partition coefficient (Wildman–Crippen LogP) is 3.71. The second-order valence-electron chi connectivity index (χ2n) is 5.81. The van der Waals surface area contributed by atoms with Gasteiger partial charge in [0.15, 0.2) is 5.78 Å². The van der Waals surface area contributed by atoms with Gasteiger partial charge in [-0.05, 0) is 44.5 Å². The summed E-state index contributed by atoms with van der Waals surface area (Å²) in [5.74, 6) is -0.107. The van der Waals surface area contributed by atoms with Crippen molar-refractivity contribution in [3.8, 4) is 0 Å². The van der Waals surface area contributed by atoms with Gasteiger partial charge in [0.1, 0.15) is 0 Å². The van der Waals surface area contributed by atoms with Crippen LogP contribution >= 0.6 is 0 Å². The molecule has 0 radical (unpaired) electrons. The molecule has 1 unspecified atom stereocenters. The first-order valence-electron chi connectivity index (χ1n) is 7.88. The standard InChI is InChI=1S/C20H21NO3S/c1-15-9-12-19(13-10-15)25(23,24)21-20(14-11-16(2)17(3)22)18-7-5-4-6-8-18/h4-10,12-14,20-21H,1-3H3. The highest BCUT2D eigenvalue weighted by Crippen LogP contribution is 2.19. The zero-order valence-corrected chi connectivity index (χ0v) is 15.3. The molecule has 0 amide bonds. The van der Waals surface area contributed by atoms with E-state index in [9.17, 15) is 13.2 Å². The van der Waals surface area contributed by atoms with E-state index >= 15 is 0 Å². The van der Waals surface area contributed by atoms with Crippen LogP contribution in [0.3, 0.4) is 0 Å². The molecular formula is C20H21NO3S. The highest BCUT2D eigenvalue weighted by Gasteiger charge is 2.19. The van der Waals surface area contributed by atoms with Gasteiger partial charge < -0.3 is 0 Å². The van der Waals surface area contributed by atoms with Gasteiger partial charge in [-0.2, -0.15) is 4.72 Å². The third kappa shape index (κ3) is 5.26. The second kappa shape index (κ2) is 8.08. The Morgan fingerprint density at radius 3 is 2.20 bits per heavy atom. The van der Waals surface area contributed by atoms with E-state index in [1.54, 1.807) is 37.3 Å². The van der Waals surface area contributed by atoms with Crippen molar-refractivity contribution >= 4 is 15.8 Å². The SMILES string of the molecule is CC(=O)C(C)=C=CC(NS(=O)(=O)c1ccc(C)cc1)c1ccccc1. The minimum atomic E-state index is -3.71. The number of hydrogen-bond acceptors (Lipinski definition) is 3. The van der Waals surface area contributed by atoms with Crippen LogP contribution in [0.2, 0.25) is 0 Å². The van der Waals surface area contributed by atoms with Crippen LogP contribution in [0.5, 0.6) is 0 Å². The molecule has 0 fully saturated rings. The number of nitrogens with one attached hydrogen (secondary N) is 1. The number of rotatable bonds is 6. The summed E-state index contributed by atoms with van der Waals surface area (Å²) in [6.07, 6.45) is 1.57. The van der Waals surface area contributed by atoms with Crippen LogP contribution < -0.4 is 4.72 Å². The maximum absolute atomic E-state index is 12.7. The van der Waals surface area contributed by atoms with Crippen LogP contribution in [-0.2, 0) is 14.8 Å². The van der Waals surface area contributed by atoms with Crippen LogP contribution in [0.15, 0.2) is 76.9 Å². The minimum absolute atomic E-state index is 0.107. The highest BCUT2D eigenvalue weighted by molar-refractivity contribution is 7.89. The zero-order chi connectivity index (χ0) is 18.4. The Labute approximate surface area is 149 Å². The summed E-state index contributed by atoms with van der Waals surface area (Å²) in [5.41, 5.74) is 5.07. The fourth-order valence-corrected chi connectivity index (χ4v) is 3.29. The van der Waals surface area contributed by atoms with Crippen molar-refractivity contribution in [2.45, 2.75) is 31.7 Å². The maximum Gasteiger partial charge on any atom is 0.241 e. The molecule has 2 rings (SSSR count). The fourth-order valence-electron chi connectivity index (χ4n) is 2.12. The van der Waals surface area contributed by atoms with Crippen LogP contribution in [0.4, 0.5) is 0 Å². The molecule has 0 aliphatic heterocycles. The van der Waals surface area contributed by atoms with Gasteiger partial charge in [-0.3, -0.25) is 4.79 Å². The first kappa shape index (κ1) is 18.9. The molecule has 0 aliphatic rings. The summed E-state index contributed by atoms with van der Waals surface area (Å²) < 4.78 is 28.0. The molecule has 1 atom stereocenters. The van der Waals surface area contributed by atoms with E-state index in [1.165, 1.54) is 6.92 Å². The van der Waals surface area contributed by atoms with Crippen LogP contribution in [0.1, 0.15) is 31.0 Å². The molecule has 0 bridgehead atoms. The van der Waals surface area contributed by atoms with E-state index in [1.807, 2.05) is 37.3 Å². The number of carbonyl (C=O) groups excluding carboxylic acids is 1. The first-order valence-corrected chi connectivity index (χ1v) is 9.36. The van der Waals surface area contributed by atoms with Gasteiger partial charge in [-0.15, -0.1) is 5.73 Å². The molecule has 25 heavy (non-hydrogen) atoms. The van der Waals surface area contributed by atoms with Crippen molar-refractivity contribution in [2.75, 3.05) is 0 Å². The quantitative estimate of drug-likeness (QED) is 0.635. The molecule has 0 aliphatic carbocycles. The Morgan fingerprint density at radius 1 is 1.04 bits per heavy atom. The average molecular weight is 355 g/mol. The van der Waals surface area contributed by atoms with Crippen molar-refractivity contribution in [3.63, 3.8) is 0 Å². The number of Topliss-reactive ketones (excluding diaryl/α,β-unsaturated/α-hetero) is 1. The number of ketones is 1. The van der Waals surface area contributed by atoms with Crippen LogP contribution in [0.25, 0.3) is 0 Å². The molecule has 5 heteroatoms. The lowest BCUT2D eigenvalue weighted by Crippen LogP contribution is -2.27. The van der Waals surface area contributed by atoms with Crippen molar-refractivity contribution < 1.29 is 13.2 Å². The smallest absolute Gasteiger partial charge is 0.241 e. The van der Waals surface area contributed by atoms with E-state index in [2.05, 4.69) is 10.5 Å². The maximum atomic E-state index is 12.7. The molecule has 0 spiro atoms. The van der Waals surface area contributed by atoms with Crippen molar-refractivity contribution in [1.82, 2.24) is 4.72 Å². The Balaban J connectivity index is 2.41. The minimum Gasteiger partial charge on any atom is -0.294 e. The van der Waals surface area contributed by atoms with E-state index in [0.29, 0.717) is 5.57 Å². The monoisotopic (exact) mass is 355 g/mol. The number of hydrogen-bond donors (Lipinski definition) is 1. The molecule has 0 saturated heterocycles. The summed E-state index contributed by atoms with van der Waals surface area (Å²) in [4.78, 5) is 11.6. The fraction of sp³-hybridized carbons (Fsp3) is 0.200. The van der Waals surface area contributed by atoms with Gasteiger partial charge in [0.2, 0.25) is 10.0 Å². The number of benzene rings is 2. The van der Waals surface area contributed by atoms with Gasteiger partial charge >= 0.3 is 0 Å². The molecular weight excluding hydrogens is 334 g/mol. The number of aryl methyl sites for hydroxylation is 1. The van der Waals surface area contributed by atoms with Gasteiger partial charge in [-0.1, -0.05) is 48.0 Å². The lowest BCUT2D eigenvalue weighted by molar-refractivity contribution is -0.113. The first-order chi connectivity index (χ1) is 11.8. The summed E-state index contributed by atoms with van der Waals surface area (Å²) in [6.45, 7) is 4.99. The molecule has 2 aromatic carbocycles. The van der Waals surface area contributed by atoms with Crippen molar-refractivity contribution in [1.29, 1.82) is 0 Å². The van der Waals surface area contributed by atoms with E-state index in [-0.39, 0.29) is 10.7 Å². The second-order valence-corrected chi connectivity index (χ2v) is 7.53. The molecule has 2 aromatic rings. The Bertz CT molecular complexity index is 907. The van der Waals surface area contributed by atoms with Gasteiger partial charge in [0.05, 0.1) is 10.9 Å². The summed E-state index contributed by atoms with van der Waals surface area (Å²) in [7, 11) is -3.71. The molecule has 4 nitrogen and oxygen atoms in total. The Morgan fingerprint density at radius 2 is 1.64 bits per heavy atom. The van der Waals surface area contributed by atoms with Gasteiger partial charge in [0.25, 0.3) is 0 Å². The lowest BCUT2D eigenvalue weighted by Gasteiger charge is -2.15. The predicted molar refractivity (Wildman–Crippen MR) is 98.6 cm³/mol. The molecule has 0 saturated carbocycles. The van der Waals surface area contributed by atoms with E-state index < -0.39 is 16.1 Å². The van der Waals surface area contributed by atoms with E-state index in [4.69, 9.17) is 0 Å². The van der Waals surface area contributed by atoms with Crippen LogP contribution in [0, 0.1) is 6.92 Å². The zero-order valence-electron chi connectivity index (χ0n) is 14.5. The van der Waals surface area contributed by atoms with Gasteiger partial charge in [-0.25, -0.2) is 8.42 Å². The lowest BCUT2D eigenvalue weighted by atomic mass is 10.1. The third-order valence-corrected chi connectivity index (χ3v) is 5.22. The summed E-state index contributed by atoms with van der Waals surface area (Å²) >= 11 is 0. The van der Waals surface area contributed by atoms with E-state index in [0.717, 1.165) is 11.1 Å². The highest BCUT2D eigenvalue weighted by atomic mass is 32.2. The average Bonchev–Trinajstić information content (AvgIpc) is 2.59. The number of sulfonamides is 1.